The number of hydrogen-bond donors (Lipinski definition) is 2. The average Bonchev–Trinajstić information content (AvgIpc) is 3.50. The van der Waals surface area contributed by atoms with Crippen LogP contribution in [0.5, 0.6) is 0 Å². The fourth-order valence-electron chi connectivity index (χ4n) is 4.99. The number of para-hydroxylation sites is 1. The van der Waals surface area contributed by atoms with Crippen molar-refractivity contribution in [2.24, 2.45) is 0 Å². The van der Waals surface area contributed by atoms with Gasteiger partial charge in [-0.05, 0) is 55.0 Å². The lowest BCUT2D eigenvalue weighted by Crippen LogP contribution is -2.20. The predicted molar refractivity (Wildman–Crippen MR) is 179 cm³/mol. The zero-order chi connectivity index (χ0) is 33.3. The third-order valence-electron chi connectivity index (χ3n) is 7.31. The van der Waals surface area contributed by atoms with Gasteiger partial charge in [0.25, 0.3) is 10.0 Å². The minimum absolute atomic E-state index is 0.00611. The molecule has 0 amide bonds. The van der Waals surface area contributed by atoms with E-state index in [9.17, 15) is 8.42 Å². The number of hydrogen-bond acceptors (Lipinski definition) is 9. The van der Waals surface area contributed by atoms with Crippen LogP contribution in [0, 0.1) is 11.6 Å². The average molecular weight is 700 g/mol. The molecule has 0 saturated heterocycles. The quantitative estimate of drug-likeness (QED) is 0.138. The lowest BCUT2D eigenvalue weighted by Gasteiger charge is -2.19. The van der Waals surface area contributed by atoms with Gasteiger partial charge in [-0.2, -0.15) is 0 Å². The number of methoxy groups -OCH3 is 1. The summed E-state index contributed by atoms with van der Waals surface area (Å²) in [4.78, 5) is 19.5. The van der Waals surface area contributed by atoms with Gasteiger partial charge < -0.3 is 15.0 Å². The lowest BCUT2D eigenvalue weighted by molar-refractivity contribution is 0.196. The molecule has 11 nitrogen and oxygen atoms in total. The first-order valence-electron chi connectivity index (χ1n) is 14.1. The molecule has 0 atom stereocenters. The topological polar surface area (TPSA) is 127 Å². The summed E-state index contributed by atoms with van der Waals surface area (Å²) < 4.78 is 66.0. The number of fused-ring (bicyclic) bond motifs is 2. The smallest absolute Gasteiger partial charge is 0.263 e. The summed E-state index contributed by atoms with van der Waals surface area (Å²) >= 11 is 12.0. The van der Waals surface area contributed by atoms with E-state index in [2.05, 4.69) is 29.9 Å². The Hall–Kier alpha value is -4.63. The van der Waals surface area contributed by atoms with Gasteiger partial charge in [0.1, 0.15) is 45.9 Å². The molecule has 0 unspecified atom stereocenters. The number of pyridine rings is 1. The van der Waals surface area contributed by atoms with Gasteiger partial charge in [-0.1, -0.05) is 35.3 Å². The van der Waals surface area contributed by atoms with Gasteiger partial charge in [0.05, 0.1) is 32.5 Å². The third-order valence-corrected chi connectivity index (χ3v) is 9.65. The molecule has 3 heterocycles. The standard InChI is InChI=1S/C31H26Cl2F2N8O3S/c1-42(14-5-15-46-2)22-7-4-8-23-30(22)38-17-43(23)25-13-12-21-29(39-25)31(37-16-36-21)40-28-19(34)10-11-20(27(28)35)41-47(44,45)24-9-3-6-18(32)26(24)33/h3-4,6-13,16-17,41H,5,14-15H2,1-2H3,(H,36,37,40). The number of ether oxygens (including phenoxy) is 1. The lowest BCUT2D eigenvalue weighted by atomic mass is 10.2. The van der Waals surface area contributed by atoms with Crippen LogP contribution in [0.2, 0.25) is 10.0 Å². The molecule has 0 aliphatic rings. The summed E-state index contributed by atoms with van der Waals surface area (Å²) in [6, 6.07) is 15.1. The Balaban J connectivity index is 1.35. The molecule has 0 spiro atoms. The Morgan fingerprint density at radius 2 is 1.79 bits per heavy atom. The normalized spacial score (nSPS) is 11.7. The van der Waals surface area contributed by atoms with Crippen molar-refractivity contribution in [2.45, 2.75) is 11.3 Å². The van der Waals surface area contributed by atoms with Crippen LogP contribution in [0.1, 0.15) is 6.42 Å². The molecular weight excluding hydrogens is 673 g/mol. The molecule has 2 N–H and O–H groups in total. The van der Waals surface area contributed by atoms with Gasteiger partial charge in [-0.25, -0.2) is 37.1 Å². The fourth-order valence-corrected chi connectivity index (χ4v) is 6.81. The van der Waals surface area contributed by atoms with E-state index >= 15 is 8.78 Å². The Morgan fingerprint density at radius 3 is 2.60 bits per heavy atom. The van der Waals surface area contributed by atoms with E-state index in [0.29, 0.717) is 17.9 Å². The Morgan fingerprint density at radius 1 is 0.979 bits per heavy atom. The Bertz CT molecular complexity index is 2240. The maximum atomic E-state index is 15.7. The van der Waals surface area contributed by atoms with E-state index < -0.39 is 33.0 Å². The minimum atomic E-state index is -4.40. The maximum absolute atomic E-state index is 15.7. The Labute approximate surface area is 278 Å². The molecule has 6 aromatic rings. The summed E-state index contributed by atoms with van der Waals surface area (Å²) in [6.45, 7) is 1.41. The maximum Gasteiger partial charge on any atom is 0.263 e. The van der Waals surface area contributed by atoms with Crippen LogP contribution >= 0.6 is 23.2 Å². The monoisotopic (exact) mass is 698 g/mol. The van der Waals surface area contributed by atoms with E-state index in [1.54, 1.807) is 30.1 Å². The van der Waals surface area contributed by atoms with E-state index in [0.717, 1.165) is 41.8 Å². The van der Waals surface area contributed by atoms with Crippen LogP contribution in [0.25, 0.3) is 27.9 Å². The molecule has 0 radical (unpaired) electrons. The summed E-state index contributed by atoms with van der Waals surface area (Å²) in [5, 5.41) is 2.39. The van der Waals surface area contributed by atoms with Gasteiger partial charge in [0.15, 0.2) is 11.6 Å². The molecule has 0 bridgehead atoms. The van der Waals surface area contributed by atoms with Crippen molar-refractivity contribution in [1.29, 1.82) is 0 Å². The summed E-state index contributed by atoms with van der Waals surface area (Å²) in [7, 11) is -0.751. The van der Waals surface area contributed by atoms with Crippen molar-refractivity contribution in [2.75, 3.05) is 42.2 Å². The molecular formula is C31H26Cl2F2N8O3S. The molecule has 0 fully saturated rings. The first kappa shape index (κ1) is 32.3. The second-order valence-electron chi connectivity index (χ2n) is 10.4. The van der Waals surface area contributed by atoms with Crippen molar-refractivity contribution >= 4 is 78.2 Å². The van der Waals surface area contributed by atoms with Crippen LogP contribution in [-0.2, 0) is 14.8 Å². The second-order valence-corrected chi connectivity index (χ2v) is 12.8. The van der Waals surface area contributed by atoms with E-state index in [-0.39, 0.29) is 26.3 Å². The number of aromatic nitrogens is 5. The minimum Gasteiger partial charge on any atom is -0.385 e. The molecule has 0 aliphatic heterocycles. The summed E-state index contributed by atoms with van der Waals surface area (Å²) in [6.07, 6.45) is 3.70. The first-order chi connectivity index (χ1) is 22.6. The number of halogens is 4. The first-order valence-corrected chi connectivity index (χ1v) is 16.3. The zero-order valence-electron chi connectivity index (χ0n) is 24.9. The van der Waals surface area contributed by atoms with Gasteiger partial charge in [-0.3, -0.25) is 9.29 Å². The molecule has 3 aromatic carbocycles. The predicted octanol–water partition coefficient (Wildman–Crippen LogP) is 6.97. The van der Waals surface area contributed by atoms with Crippen molar-refractivity contribution in [3.8, 4) is 5.82 Å². The highest BCUT2D eigenvalue weighted by Crippen LogP contribution is 2.34. The van der Waals surface area contributed by atoms with Gasteiger partial charge >= 0.3 is 0 Å². The fraction of sp³-hybridized carbons (Fsp3) is 0.161. The zero-order valence-corrected chi connectivity index (χ0v) is 27.2. The number of sulfonamides is 1. The van der Waals surface area contributed by atoms with Gasteiger partial charge in [0.2, 0.25) is 0 Å². The number of nitrogens with one attached hydrogen (secondary N) is 2. The molecule has 47 heavy (non-hydrogen) atoms. The summed E-state index contributed by atoms with van der Waals surface area (Å²) in [5.41, 5.74) is 1.88. The second kappa shape index (κ2) is 13.2. The van der Waals surface area contributed by atoms with E-state index in [1.807, 2.05) is 25.2 Å². The highest BCUT2D eigenvalue weighted by Gasteiger charge is 2.24. The van der Waals surface area contributed by atoms with Crippen molar-refractivity contribution in [3.05, 3.63) is 95.0 Å². The van der Waals surface area contributed by atoms with Crippen LogP contribution in [0.4, 0.5) is 31.7 Å². The number of nitrogens with zero attached hydrogens (tertiary/aromatic N) is 6. The third kappa shape index (κ3) is 6.37. The highest BCUT2D eigenvalue weighted by molar-refractivity contribution is 7.92. The van der Waals surface area contributed by atoms with E-state index in [1.165, 1.54) is 24.5 Å². The Kier molecular flexibility index (Phi) is 9.10. The summed E-state index contributed by atoms with van der Waals surface area (Å²) in [5.74, 6) is -1.79. The van der Waals surface area contributed by atoms with Gasteiger partial charge in [-0.15, -0.1) is 0 Å². The van der Waals surface area contributed by atoms with E-state index in [4.69, 9.17) is 32.9 Å². The van der Waals surface area contributed by atoms with Crippen molar-refractivity contribution in [1.82, 2.24) is 24.5 Å². The number of imidazole rings is 1. The van der Waals surface area contributed by atoms with Gasteiger partial charge in [0, 0.05) is 27.3 Å². The number of benzene rings is 3. The molecule has 242 valence electrons. The number of rotatable bonds is 11. The van der Waals surface area contributed by atoms with Crippen LogP contribution in [0.15, 0.2) is 78.2 Å². The highest BCUT2D eigenvalue weighted by atomic mass is 35.5. The molecule has 0 aliphatic carbocycles. The molecule has 3 aromatic heterocycles. The van der Waals surface area contributed by atoms with Crippen LogP contribution in [0.3, 0.4) is 0 Å². The molecule has 0 saturated carbocycles. The molecule has 16 heteroatoms. The largest absolute Gasteiger partial charge is 0.385 e. The number of anilines is 4. The van der Waals surface area contributed by atoms with Crippen molar-refractivity contribution in [3.63, 3.8) is 0 Å². The SMILES string of the molecule is COCCCN(C)c1cccc2c1ncn2-c1ccc2ncnc(Nc3c(F)ccc(NS(=O)(=O)c4cccc(Cl)c4Cl)c3F)c2n1. The van der Waals surface area contributed by atoms with Crippen molar-refractivity contribution < 1.29 is 21.9 Å². The van der Waals surface area contributed by atoms with Crippen LogP contribution < -0.4 is 14.9 Å². The molecule has 6 rings (SSSR count). The van der Waals surface area contributed by atoms with Crippen LogP contribution in [-0.4, -0.2) is 60.2 Å².